The molecule has 0 unspecified atom stereocenters. The molecule has 0 spiro atoms. The van der Waals surface area contributed by atoms with Crippen molar-refractivity contribution in [2.75, 3.05) is 39.6 Å². The molecule has 20 heterocycles. The van der Waals surface area contributed by atoms with Gasteiger partial charge in [-0.3, -0.25) is 28.8 Å². The van der Waals surface area contributed by atoms with Crippen molar-refractivity contribution in [2.45, 2.75) is 90.4 Å². The van der Waals surface area contributed by atoms with Gasteiger partial charge >= 0.3 is 55.3 Å². The van der Waals surface area contributed by atoms with Crippen LogP contribution in [0.25, 0.3) is 145 Å². The Bertz CT molecular complexity index is 7570. The zero-order chi connectivity index (χ0) is 91.7. The fraction of sp³-hybridized carbons (Fsp3) is 0.187. The molecule has 664 valence electrons. The van der Waals surface area contributed by atoms with E-state index < -0.39 is 35.8 Å². The zero-order valence-electron chi connectivity index (χ0n) is 74.6. The van der Waals surface area contributed by atoms with Crippen LogP contribution in [-0.2, 0) is 154 Å². The van der Waals surface area contributed by atoms with E-state index in [-0.39, 0.29) is 175 Å². The molecule has 28 bridgehead atoms. The van der Waals surface area contributed by atoms with Crippen LogP contribution in [0.4, 0.5) is 0 Å². The average molecular weight is 1950 g/mol. The third-order valence-corrected chi connectivity index (χ3v) is 22.3. The van der Waals surface area contributed by atoms with E-state index in [1.807, 2.05) is 144 Å². The molecule has 136 heavy (non-hydrogen) atoms. The molecule has 0 fully saturated rings. The van der Waals surface area contributed by atoms with Gasteiger partial charge in [-0.25, -0.2) is 36.0 Å². The summed E-state index contributed by atoms with van der Waals surface area (Å²) >= 11 is 0. The second-order valence-corrected chi connectivity index (χ2v) is 30.9. The molecule has 0 atom stereocenters. The predicted octanol–water partition coefficient (Wildman–Crippen LogP) is 15.1. The molecule has 0 aliphatic carbocycles. The van der Waals surface area contributed by atoms with Crippen molar-refractivity contribution in [3.8, 4) is 53.1 Å². The van der Waals surface area contributed by atoms with Gasteiger partial charge in [-0.2, -0.15) is 25.0 Å². The third-order valence-electron chi connectivity index (χ3n) is 22.3. The first-order chi connectivity index (χ1) is 65.1. The van der Waals surface area contributed by atoms with Crippen LogP contribution in [0.2, 0.25) is 0 Å². The van der Waals surface area contributed by atoms with E-state index in [1.54, 1.807) is 56.0 Å². The molecule has 10 aromatic heterocycles. The van der Waals surface area contributed by atoms with E-state index in [4.69, 9.17) is 88.2 Å². The van der Waals surface area contributed by atoms with E-state index in [1.165, 1.54) is 12.2 Å². The monoisotopic (exact) mass is 1950 g/mol. The van der Waals surface area contributed by atoms with Crippen LogP contribution < -0.4 is 29.9 Å². The van der Waals surface area contributed by atoms with Crippen LogP contribution in [-0.4, -0.2) is 115 Å². The molecule has 20 rings (SSSR count). The summed E-state index contributed by atoms with van der Waals surface area (Å²) in [5.41, 5.74) is 19.0. The van der Waals surface area contributed by atoms with Crippen LogP contribution in [0.15, 0.2) is 141 Å². The summed E-state index contributed by atoms with van der Waals surface area (Å²) in [7, 11) is 0. The summed E-state index contributed by atoms with van der Waals surface area (Å²) < 4.78 is 35.8. The number of hydrogen-bond acceptors (Lipinski definition) is 19. The number of esters is 6. The Balaban J connectivity index is 0.00000493. The van der Waals surface area contributed by atoms with Gasteiger partial charge < -0.3 is 72.9 Å². The van der Waals surface area contributed by atoms with Crippen molar-refractivity contribution in [3.63, 3.8) is 0 Å². The van der Waals surface area contributed by atoms with Gasteiger partial charge in [0, 0.05) is 118 Å². The van der Waals surface area contributed by atoms with Crippen molar-refractivity contribution in [1.82, 2.24) is 69.4 Å². The first-order valence-electron chi connectivity index (χ1n) is 43.2. The van der Waals surface area contributed by atoms with E-state index in [2.05, 4.69) is 79.4 Å². The van der Waals surface area contributed by atoms with E-state index in [0.29, 0.717) is 208 Å². The van der Waals surface area contributed by atoms with Crippen LogP contribution >= 0.6 is 0 Å². The van der Waals surface area contributed by atoms with Gasteiger partial charge in [0.2, 0.25) is 0 Å². The molecular formula is C107H82N14O12Zn3-6. The number of imidazole rings is 1. The fourth-order valence-corrected chi connectivity index (χ4v) is 15.7. The SMILES string of the molecule is C=CCOC(=O)CCc1c2nc(c(-n3ccnc3)c3ccc([n-]3)c(CCC(=O)OCC=C)c3nc(c(C#CC#Cc4c5nc(c6c7ccc([n-]7)c([CH2-])c7nc(c(c8ccc4[n-]8)CCC(=O)OCC=CCOC(=O)CCc4c8nc(c(C#CC#CC)c9ccc([n-]9)c(c9nc(c([CH2-])c%10ccc4[n-]%10)C=C9)CCC(=O)OCCC=CCOC(=O)CC6)C=C8)C=C7)C=C5)c4ccc1[n-]4)C=C3)C=C2.[Zn+2].[Zn].[Zn]. The summed E-state index contributed by atoms with van der Waals surface area (Å²) in [4.78, 5) is 148. The fourth-order valence-electron chi connectivity index (χ4n) is 15.7. The number of carbonyl (C=O) groups excluding carboxylic acids is 6. The summed E-state index contributed by atoms with van der Waals surface area (Å²) in [6, 6.07) is 22.1. The van der Waals surface area contributed by atoms with Gasteiger partial charge in [0.25, 0.3) is 0 Å². The standard InChI is InChI=1S/C107H82N14O12.3Zn/c1-6-9-11-18-68-81-35-41-91(113-81)71-23-53-103(124)130-61-14-10-15-62-131-104(125)54-24-72-88-32-28-78(110-88)67(5)80-30-34-90(112-80)74(26-56-106(127)133-64-17-16-63-132-105(126)55-25-73(92-42-36-82(68)114-92)89-33-29-79(111-89)66(4)77-27-31-87(71)109-77)94-44-38-84(116-94)69(83-37-43-93(72)115-83)19-12-13-20-70-85-39-45-95(117-85)75(21-51-101(122)128-59-7-2)97-47-49-99(119-97)107(121-58-57-108-65-121)100-50-48-98(120-100)76(96-46-40-86(70)118-96)22-52-102(123)129-60-8-3;;;/h7-8,10,15-17,27-50,57-58,65H,2-5,14,21-26,51-56,59-64H2,1H3;;;/q-8;;;+2. The minimum absolute atomic E-state index is 0. The van der Waals surface area contributed by atoms with Crippen LogP contribution in [0.3, 0.4) is 0 Å². The quantitative estimate of drug-likeness (QED) is 0.0290. The van der Waals surface area contributed by atoms with Crippen LogP contribution in [0.5, 0.6) is 0 Å². The molecule has 0 amide bonds. The molecule has 10 aliphatic heterocycles. The largest absolute Gasteiger partial charge is 2.00 e. The molecule has 29 heteroatoms. The van der Waals surface area contributed by atoms with Gasteiger partial charge in [0.15, 0.2) is 0 Å². The van der Waals surface area contributed by atoms with Crippen LogP contribution in [0, 0.1) is 61.2 Å². The third kappa shape index (κ3) is 22.8. The molecular weight excluding hydrogens is 1870 g/mol. The van der Waals surface area contributed by atoms with E-state index in [9.17, 15) is 28.8 Å². The minimum atomic E-state index is -0.531. The second-order valence-electron chi connectivity index (χ2n) is 30.9. The number of hydrogen-bond donors (Lipinski definition) is 0. The maximum Gasteiger partial charge on any atom is 2.00 e. The average Bonchev–Trinajstić information content (AvgIpc) is 1.64. The van der Waals surface area contributed by atoms with Gasteiger partial charge in [-0.05, 0) is 193 Å². The minimum Gasteiger partial charge on any atom is -0.715 e. The maximum absolute atomic E-state index is 14.0. The van der Waals surface area contributed by atoms with Crippen molar-refractivity contribution < 1.29 is 116 Å². The Morgan fingerprint density at radius 2 is 0.728 bits per heavy atom. The number of rotatable bonds is 11. The van der Waals surface area contributed by atoms with Crippen molar-refractivity contribution in [1.29, 1.82) is 0 Å². The number of fused-ring (bicyclic) bond motifs is 8. The van der Waals surface area contributed by atoms with E-state index >= 15 is 0 Å². The van der Waals surface area contributed by atoms with Gasteiger partial charge in [-0.1, -0.05) is 134 Å². The Labute approximate surface area is 821 Å². The first-order valence-corrected chi connectivity index (χ1v) is 43.2. The molecule has 0 saturated heterocycles. The van der Waals surface area contributed by atoms with E-state index in [0.717, 1.165) is 0 Å². The van der Waals surface area contributed by atoms with Crippen LogP contribution in [0.1, 0.15) is 181 Å². The molecule has 10 aromatic rings. The summed E-state index contributed by atoms with van der Waals surface area (Å²) in [6.07, 6.45) is 38.0. The number of aromatic nitrogens is 14. The summed E-state index contributed by atoms with van der Waals surface area (Å²) in [6.45, 7) is 17.8. The van der Waals surface area contributed by atoms with Gasteiger partial charge in [0.1, 0.15) is 33.0 Å². The molecule has 0 radical (unpaired) electrons. The number of carbonyl (C=O) groups is 6. The molecule has 0 N–H and O–H groups in total. The maximum atomic E-state index is 14.0. The molecule has 10 aliphatic rings. The normalized spacial score (nSPS) is 13.7. The Morgan fingerprint density at radius 3 is 1.15 bits per heavy atom. The Kier molecular flexibility index (Phi) is 32.3. The molecule has 26 nitrogen and oxygen atoms in total. The predicted molar refractivity (Wildman–Crippen MR) is 509 cm³/mol. The van der Waals surface area contributed by atoms with Crippen molar-refractivity contribution in [3.05, 3.63) is 285 Å². The zero-order valence-corrected chi connectivity index (χ0v) is 83.5. The molecule has 0 aromatic carbocycles. The molecule has 0 saturated carbocycles. The topological polar surface area (TPSA) is 338 Å². The number of nitrogens with zero attached hydrogens (tertiary/aromatic N) is 14. The first kappa shape index (κ1) is 96.7. The number of aryl methyl sites for hydroxylation is 6. The second kappa shape index (κ2) is 45.4. The number of ether oxygens (including phenoxy) is 6. The van der Waals surface area contributed by atoms with Gasteiger partial charge in [0.05, 0.1) is 64.2 Å². The Hall–Kier alpha value is -15.4. The summed E-state index contributed by atoms with van der Waals surface area (Å²) in [5, 5.41) is 0. The van der Waals surface area contributed by atoms with Crippen molar-refractivity contribution >= 4 is 175 Å². The summed E-state index contributed by atoms with van der Waals surface area (Å²) in [5.74, 6) is 21.8. The van der Waals surface area contributed by atoms with Gasteiger partial charge in [-0.15, -0.1) is 67.3 Å². The Morgan fingerprint density at radius 1 is 0.404 bits per heavy atom. The smallest absolute Gasteiger partial charge is 0.715 e. The van der Waals surface area contributed by atoms with Crippen molar-refractivity contribution in [2.24, 2.45) is 0 Å².